The van der Waals surface area contributed by atoms with Gasteiger partial charge in [-0.2, -0.15) is 0 Å². The Morgan fingerprint density at radius 3 is 3.06 bits per heavy atom. The molecule has 5 nitrogen and oxygen atoms in total. The van der Waals surface area contributed by atoms with Crippen molar-refractivity contribution in [2.24, 2.45) is 0 Å². The van der Waals surface area contributed by atoms with Gasteiger partial charge in [-0.15, -0.1) is 0 Å². The van der Waals surface area contributed by atoms with Gasteiger partial charge in [-0.3, -0.25) is 4.79 Å². The Bertz CT molecular complexity index is 434. The number of hydrogen-bond acceptors (Lipinski definition) is 5. The van der Waals surface area contributed by atoms with E-state index in [0.29, 0.717) is 24.3 Å². The van der Waals surface area contributed by atoms with Crippen molar-refractivity contribution in [3.63, 3.8) is 0 Å². The van der Waals surface area contributed by atoms with Crippen molar-refractivity contribution >= 4 is 11.6 Å². The summed E-state index contributed by atoms with van der Waals surface area (Å²) in [5.74, 6) is 0.293. The van der Waals surface area contributed by atoms with Crippen LogP contribution in [0.2, 0.25) is 0 Å². The molecular formula is C12H17N3O2. The summed E-state index contributed by atoms with van der Waals surface area (Å²) in [6, 6.07) is 1.57. The molecule has 1 saturated heterocycles. The molecule has 3 N–H and O–H groups in total. The summed E-state index contributed by atoms with van der Waals surface area (Å²) in [4.78, 5) is 16.3. The van der Waals surface area contributed by atoms with Gasteiger partial charge >= 0.3 is 0 Å². The van der Waals surface area contributed by atoms with Crippen LogP contribution >= 0.6 is 0 Å². The first-order chi connectivity index (χ1) is 8.11. The van der Waals surface area contributed by atoms with E-state index in [9.17, 15) is 4.79 Å². The normalized spacial score (nSPS) is 23.9. The molecule has 0 aromatic carbocycles. The zero-order valence-corrected chi connectivity index (χ0v) is 10.1. The zero-order chi connectivity index (χ0) is 12.4. The Morgan fingerprint density at radius 1 is 1.65 bits per heavy atom. The molecule has 2 atom stereocenters. The summed E-state index contributed by atoms with van der Waals surface area (Å²) in [6.45, 7) is 2.59. The van der Waals surface area contributed by atoms with E-state index in [1.807, 2.05) is 6.92 Å². The monoisotopic (exact) mass is 235 g/mol. The number of ether oxygens (including phenoxy) is 1. The molecule has 2 unspecified atom stereocenters. The summed E-state index contributed by atoms with van der Waals surface area (Å²) in [5, 5.41) is 3.14. The third kappa shape index (κ3) is 2.45. The van der Waals surface area contributed by atoms with Crippen LogP contribution in [0.5, 0.6) is 0 Å². The summed E-state index contributed by atoms with van der Waals surface area (Å²) in [6.07, 6.45) is 2.44. The molecule has 2 rings (SSSR count). The van der Waals surface area contributed by atoms with Crippen LogP contribution in [0.1, 0.15) is 22.3 Å². The highest BCUT2D eigenvalue weighted by Crippen LogP contribution is 2.18. The molecule has 92 valence electrons. The molecule has 0 spiro atoms. The molecule has 1 aromatic rings. The molecule has 1 aromatic heterocycles. The smallest absolute Gasteiger partial charge is 0.183 e. The molecule has 2 heterocycles. The fourth-order valence-electron chi connectivity index (χ4n) is 2.05. The average molecular weight is 235 g/mol. The maximum Gasteiger partial charge on any atom is 0.183 e. The number of ketones is 1. The van der Waals surface area contributed by atoms with Crippen molar-refractivity contribution in [1.29, 1.82) is 0 Å². The van der Waals surface area contributed by atoms with Gasteiger partial charge in [0.25, 0.3) is 0 Å². The highest BCUT2D eigenvalue weighted by atomic mass is 16.5. The molecular weight excluding hydrogens is 218 g/mol. The number of nitrogens with one attached hydrogen (secondary N) is 1. The molecule has 0 saturated carbocycles. The second kappa shape index (κ2) is 4.81. The fraction of sp³-hybridized carbons (Fsp3) is 0.500. The van der Waals surface area contributed by atoms with Crippen LogP contribution in [0.3, 0.4) is 0 Å². The van der Waals surface area contributed by atoms with E-state index >= 15 is 0 Å². The molecule has 1 aliphatic rings. The average Bonchev–Trinajstić information content (AvgIpc) is 2.80. The van der Waals surface area contributed by atoms with Crippen molar-refractivity contribution in [2.45, 2.75) is 25.5 Å². The lowest BCUT2D eigenvalue weighted by atomic mass is 10.0. The van der Waals surface area contributed by atoms with E-state index in [0.717, 1.165) is 5.56 Å². The second-order valence-electron chi connectivity index (χ2n) is 4.36. The van der Waals surface area contributed by atoms with E-state index in [4.69, 9.17) is 10.5 Å². The number of rotatable bonds is 3. The Labute approximate surface area is 100 Å². The molecule has 0 radical (unpaired) electrons. The number of hydrogen-bond donors (Lipinski definition) is 2. The van der Waals surface area contributed by atoms with Gasteiger partial charge in [-0.25, -0.2) is 4.98 Å². The molecule has 1 aliphatic heterocycles. The lowest BCUT2D eigenvalue weighted by molar-refractivity contribution is 0.0919. The van der Waals surface area contributed by atoms with Crippen molar-refractivity contribution in [3.05, 3.63) is 23.4 Å². The van der Waals surface area contributed by atoms with Crippen molar-refractivity contribution < 1.29 is 9.53 Å². The Kier molecular flexibility index (Phi) is 3.40. The summed E-state index contributed by atoms with van der Waals surface area (Å²) >= 11 is 0. The van der Waals surface area contributed by atoms with E-state index < -0.39 is 0 Å². The van der Waals surface area contributed by atoms with Crippen molar-refractivity contribution in [2.75, 3.05) is 19.4 Å². The number of nitrogen functional groups attached to an aromatic ring is 1. The van der Waals surface area contributed by atoms with Crippen LogP contribution in [0.25, 0.3) is 0 Å². The standard InChI is InChI=1S/C12H17N3O2/c1-7-3-9(12(13)15-5-7)11(16)10-4-8(17-2)6-14-10/h3,5,8,10,14H,4,6H2,1-2H3,(H2,13,15). The minimum atomic E-state index is -0.217. The molecule has 0 amide bonds. The van der Waals surface area contributed by atoms with Crippen molar-refractivity contribution in [1.82, 2.24) is 10.3 Å². The Hall–Kier alpha value is -1.46. The zero-order valence-electron chi connectivity index (χ0n) is 10.1. The van der Waals surface area contributed by atoms with Gasteiger partial charge in [0.05, 0.1) is 17.7 Å². The number of methoxy groups -OCH3 is 1. The number of anilines is 1. The number of nitrogens with two attached hydrogens (primary N) is 1. The van der Waals surface area contributed by atoms with Crippen LogP contribution < -0.4 is 11.1 Å². The maximum absolute atomic E-state index is 12.2. The predicted molar refractivity (Wildman–Crippen MR) is 64.9 cm³/mol. The fourth-order valence-corrected chi connectivity index (χ4v) is 2.05. The van der Waals surface area contributed by atoms with Gasteiger partial charge in [0.15, 0.2) is 5.78 Å². The quantitative estimate of drug-likeness (QED) is 0.747. The van der Waals surface area contributed by atoms with Crippen LogP contribution in [0.4, 0.5) is 5.82 Å². The highest BCUT2D eigenvalue weighted by molar-refractivity contribution is 6.03. The molecule has 0 bridgehead atoms. The van der Waals surface area contributed by atoms with Gasteiger partial charge in [0, 0.05) is 19.9 Å². The summed E-state index contributed by atoms with van der Waals surface area (Å²) < 4.78 is 5.22. The number of nitrogens with zero attached hydrogens (tertiary/aromatic N) is 1. The highest BCUT2D eigenvalue weighted by Gasteiger charge is 2.30. The first kappa shape index (κ1) is 12.0. The SMILES string of the molecule is COC1CNC(C(=O)c2cc(C)cnc2N)C1. The second-order valence-corrected chi connectivity index (χ2v) is 4.36. The molecule has 17 heavy (non-hydrogen) atoms. The van der Waals surface area contributed by atoms with Gasteiger partial charge in [0.2, 0.25) is 0 Å². The van der Waals surface area contributed by atoms with E-state index in [1.54, 1.807) is 19.4 Å². The molecule has 5 heteroatoms. The number of carbonyl (C=O) groups is 1. The topological polar surface area (TPSA) is 77.2 Å². The largest absolute Gasteiger partial charge is 0.383 e. The molecule has 0 aliphatic carbocycles. The third-order valence-corrected chi connectivity index (χ3v) is 3.06. The lowest BCUT2D eigenvalue weighted by Gasteiger charge is -2.11. The van der Waals surface area contributed by atoms with Crippen LogP contribution in [-0.4, -0.2) is 36.6 Å². The van der Waals surface area contributed by atoms with Gasteiger partial charge in [-0.1, -0.05) is 0 Å². The summed E-state index contributed by atoms with van der Waals surface area (Å²) in [7, 11) is 1.65. The van der Waals surface area contributed by atoms with Crippen LogP contribution in [-0.2, 0) is 4.74 Å². The Balaban J connectivity index is 2.17. The van der Waals surface area contributed by atoms with E-state index in [2.05, 4.69) is 10.3 Å². The predicted octanol–water partition coefficient (Wildman–Crippen LogP) is 0.532. The van der Waals surface area contributed by atoms with E-state index in [-0.39, 0.29) is 17.9 Å². The minimum Gasteiger partial charge on any atom is -0.383 e. The van der Waals surface area contributed by atoms with Gasteiger partial charge in [-0.05, 0) is 25.0 Å². The minimum absolute atomic E-state index is 0.00162. The van der Waals surface area contributed by atoms with Crippen molar-refractivity contribution in [3.8, 4) is 0 Å². The lowest BCUT2D eigenvalue weighted by Crippen LogP contribution is -2.31. The number of Topliss-reactive ketones (excluding diaryl/α,β-unsaturated/α-hetero) is 1. The number of aromatic nitrogens is 1. The number of aryl methyl sites for hydroxylation is 1. The number of carbonyl (C=O) groups excluding carboxylic acids is 1. The van der Waals surface area contributed by atoms with E-state index in [1.165, 1.54) is 0 Å². The number of pyridine rings is 1. The first-order valence-electron chi connectivity index (χ1n) is 5.64. The van der Waals surface area contributed by atoms with Crippen LogP contribution in [0, 0.1) is 6.92 Å². The molecule has 1 fully saturated rings. The first-order valence-corrected chi connectivity index (χ1v) is 5.64. The third-order valence-electron chi connectivity index (χ3n) is 3.06. The Morgan fingerprint density at radius 2 is 2.41 bits per heavy atom. The van der Waals surface area contributed by atoms with Crippen LogP contribution in [0.15, 0.2) is 12.3 Å². The van der Waals surface area contributed by atoms with Gasteiger partial charge in [0.1, 0.15) is 5.82 Å². The summed E-state index contributed by atoms with van der Waals surface area (Å²) in [5.41, 5.74) is 7.17. The van der Waals surface area contributed by atoms with Gasteiger partial charge < -0.3 is 15.8 Å². The maximum atomic E-state index is 12.2.